The topological polar surface area (TPSA) is 66.5 Å². The van der Waals surface area contributed by atoms with E-state index in [0.717, 1.165) is 0 Å². The van der Waals surface area contributed by atoms with Crippen molar-refractivity contribution < 1.29 is 14.4 Å². The fourth-order valence-electron chi connectivity index (χ4n) is 2.32. The largest absolute Gasteiger partial charge is 0.324 e. The van der Waals surface area contributed by atoms with Gasteiger partial charge in [-0.2, -0.15) is 0 Å². The molecule has 1 heterocycles. The predicted octanol–water partition coefficient (Wildman–Crippen LogP) is 2.51. The van der Waals surface area contributed by atoms with Gasteiger partial charge in [0.05, 0.1) is 11.3 Å². The van der Waals surface area contributed by atoms with E-state index in [-0.39, 0.29) is 6.54 Å². The molecule has 1 N–H and O–H groups in total. The Labute approximate surface area is 131 Å². The number of nitrogens with zero attached hydrogens (tertiary/aromatic N) is 1. The maximum Gasteiger partial charge on any atom is 0.299 e. The number of halogens is 1. The van der Waals surface area contributed by atoms with Crippen LogP contribution in [0.2, 0.25) is 5.02 Å². The third kappa shape index (κ3) is 2.58. The average Bonchev–Trinajstić information content (AvgIpc) is 2.73. The molecule has 0 aromatic heterocycles. The number of rotatable bonds is 3. The van der Waals surface area contributed by atoms with Crippen LogP contribution in [0.5, 0.6) is 0 Å². The second kappa shape index (κ2) is 5.61. The minimum absolute atomic E-state index is 0.228. The molecule has 3 rings (SSSR count). The van der Waals surface area contributed by atoms with Gasteiger partial charge in [-0.15, -0.1) is 0 Å². The Morgan fingerprint density at radius 1 is 1.09 bits per heavy atom. The molecule has 2 aromatic rings. The molecule has 110 valence electrons. The van der Waals surface area contributed by atoms with Crippen molar-refractivity contribution in [2.45, 2.75) is 0 Å². The number of fused-ring (bicyclic) bond motifs is 1. The van der Waals surface area contributed by atoms with Crippen molar-refractivity contribution in [3.8, 4) is 0 Å². The van der Waals surface area contributed by atoms with E-state index in [1.807, 2.05) is 0 Å². The van der Waals surface area contributed by atoms with E-state index in [0.29, 0.717) is 22.0 Å². The monoisotopic (exact) mass is 314 g/mol. The first-order valence-corrected chi connectivity index (χ1v) is 6.95. The zero-order valence-corrected chi connectivity index (χ0v) is 12.1. The van der Waals surface area contributed by atoms with Gasteiger partial charge < -0.3 is 5.32 Å². The summed E-state index contributed by atoms with van der Waals surface area (Å²) in [7, 11) is 0. The Bertz CT molecular complexity index is 788. The smallest absolute Gasteiger partial charge is 0.299 e. The molecule has 1 aliphatic rings. The first kappa shape index (κ1) is 14.3. The minimum Gasteiger partial charge on any atom is -0.324 e. The second-order valence-corrected chi connectivity index (χ2v) is 5.23. The first-order chi connectivity index (χ1) is 10.6. The predicted molar refractivity (Wildman–Crippen MR) is 83.2 cm³/mol. The molecule has 6 heteroatoms. The molecule has 0 unspecified atom stereocenters. The summed E-state index contributed by atoms with van der Waals surface area (Å²) in [6, 6.07) is 13.3. The van der Waals surface area contributed by atoms with Gasteiger partial charge in [0.25, 0.3) is 11.7 Å². The lowest BCUT2D eigenvalue weighted by Crippen LogP contribution is -2.37. The Morgan fingerprint density at radius 2 is 1.86 bits per heavy atom. The van der Waals surface area contributed by atoms with Crippen LogP contribution in [0.15, 0.2) is 48.5 Å². The van der Waals surface area contributed by atoms with Crippen LogP contribution in [-0.4, -0.2) is 24.1 Å². The summed E-state index contributed by atoms with van der Waals surface area (Å²) >= 11 is 5.85. The number of amides is 2. The van der Waals surface area contributed by atoms with Gasteiger partial charge in [0.15, 0.2) is 0 Å². The van der Waals surface area contributed by atoms with Crippen molar-refractivity contribution in [1.82, 2.24) is 0 Å². The first-order valence-electron chi connectivity index (χ1n) is 6.57. The van der Waals surface area contributed by atoms with E-state index in [9.17, 15) is 14.4 Å². The number of benzene rings is 2. The average molecular weight is 315 g/mol. The summed E-state index contributed by atoms with van der Waals surface area (Å²) in [5.41, 5.74) is 1.31. The van der Waals surface area contributed by atoms with Crippen LogP contribution < -0.4 is 10.2 Å². The van der Waals surface area contributed by atoms with Crippen LogP contribution in [0.1, 0.15) is 10.4 Å². The Morgan fingerprint density at radius 3 is 2.64 bits per heavy atom. The van der Waals surface area contributed by atoms with E-state index in [2.05, 4.69) is 5.32 Å². The normalized spacial score (nSPS) is 13.2. The van der Waals surface area contributed by atoms with Gasteiger partial charge in [0.2, 0.25) is 5.91 Å². The molecule has 2 aromatic carbocycles. The third-order valence-electron chi connectivity index (χ3n) is 3.29. The molecular weight excluding hydrogens is 304 g/mol. The number of hydrogen-bond acceptors (Lipinski definition) is 3. The lowest BCUT2D eigenvalue weighted by Gasteiger charge is -2.16. The molecule has 0 spiro atoms. The third-order valence-corrected chi connectivity index (χ3v) is 3.52. The quantitative estimate of drug-likeness (QED) is 0.885. The SMILES string of the molecule is O=C(CN1C(=O)C(=O)c2ccccc21)Nc1cccc(Cl)c1. The van der Waals surface area contributed by atoms with Gasteiger partial charge in [-0.1, -0.05) is 29.8 Å². The van der Waals surface area contributed by atoms with Crippen LogP contribution in [0.25, 0.3) is 0 Å². The summed E-state index contributed by atoms with van der Waals surface area (Å²) in [5, 5.41) is 3.14. The highest BCUT2D eigenvalue weighted by Gasteiger charge is 2.36. The highest BCUT2D eigenvalue weighted by atomic mass is 35.5. The van der Waals surface area contributed by atoms with Crippen molar-refractivity contribution in [2.75, 3.05) is 16.8 Å². The maximum atomic E-state index is 12.1. The van der Waals surface area contributed by atoms with Gasteiger partial charge >= 0.3 is 0 Å². The highest BCUT2D eigenvalue weighted by molar-refractivity contribution is 6.52. The lowest BCUT2D eigenvalue weighted by molar-refractivity contribution is -0.118. The van der Waals surface area contributed by atoms with Crippen molar-refractivity contribution in [2.24, 2.45) is 0 Å². The molecule has 22 heavy (non-hydrogen) atoms. The molecule has 5 nitrogen and oxygen atoms in total. The van der Waals surface area contributed by atoms with Gasteiger partial charge in [0.1, 0.15) is 6.54 Å². The molecule has 0 saturated heterocycles. The maximum absolute atomic E-state index is 12.1. The number of ketones is 1. The number of carbonyl (C=O) groups excluding carboxylic acids is 3. The van der Waals surface area contributed by atoms with Crippen LogP contribution >= 0.6 is 11.6 Å². The van der Waals surface area contributed by atoms with Gasteiger partial charge in [-0.05, 0) is 30.3 Å². The number of para-hydroxylation sites is 1. The van der Waals surface area contributed by atoms with Crippen molar-refractivity contribution in [1.29, 1.82) is 0 Å². The van der Waals surface area contributed by atoms with E-state index in [4.69, 9.17) is 11.6 Å². The van der Waals surface area contributed by atoms with E-state index < -0.39 is 17.6 Å². The van der Waals surface area contributed by atoms with E-state index in [1.54, 1.807) is 48.5 Å². The van der Waals surface area contributed by atoms with Crippen molar-refractivity contribution in [3.63, 3.8) is 0 Å². The summed E-state index contributed by atoms with van der Waals surface area (Å²) in [6.45, 7) is -0.228. The molecule has 0 atom stereocenters. The Kier molecular flexibility index (Phi) is 3.65. The van der Waals surface area contributed by atoms with Crippen LogP contribution in [0.4, 0.5) is 11.4 Å². The lowest BCUT2D eigenvalue weighted by atomic mass is 10.1. The van der Waals surface area contributed by atoms with E-state index >= 15 is 0 Å². The van der Waals surface area contributed by atoms with Crippen LogP contribution in [0, 0.1) is 0 Å². The Hall–Kier alpha value is -2.66. The molecule has 0 fully saturated rings. The van der Waals surface area contributed by atoms with E-state index in [1.165, 1.54) is 4.90 Å². The summed E-state index contributed by atoms with van der Waals surface area (Å²) in [5.74, 6) is -1.69. The van der Waals surface area contributed by atoms with Gasteiger partial charge in [0, 0.05) is 10.7 Å². The molecule has 0 saturated carbocycles. The number of nitrogens with one attached hydrogen (secondary N) is 1. The van der Waals surface area contributed by atoms with Crippen molar-refractivity contribution >= 4 is 40.6 Å². The highest BCUT2D eigenvalue weighted by Crippen LogP contribution is 2.28. The van der Waals surface area contributed by atoms with Crippen LogP contribution in [-0.2, 0) is 9.59 Å². The zero-order chi connectivity index (χ0) is 15.7. The standard InChI is InChI=1S/C16H11ClN2O3/c17-10-4-3-5-11(8-10)18-14(20)9-19-13-7-2-1-6-12(13)15(21)16(19)22/h1-8H,9H2,(H,18,20). The molecule has 0 bridgehead atoms. The fourth-order valence-corrected chi connectivity index (χ4v) is 2.51. The fraction of sp³-hybridized carbons (Fsp3) is 0.0625. The van der Waals surface area contributed by atoms with Crippen molar-refractivity contribution in [3.05, 3.63) is 59.1 Å². The molecule has 1 aliphatic heterocycles. The number of carbonyl (C=O) groups is 3. The molecule has 2 amide bonds. The summed E-state index contributed by atoms with van der Waals surface area (Å²) < 4.78 is 0. The van der Waals surface area contributed by atoms with Crippen LogP contribution in [0.3, 0.4) is 0 Å². The molecule has 0 radical (unpaired) electrons. The summed E-state index contributed by atoms with van der Waals surface area (Å²) in [6.07, 6.45) is 0. The molecular formula is C16H11ClN2O3. The number of anilines is 2. The second-order valence-electron chi connectivity index (χ2n) is 4.80. The minimum atomic E-state index is -0.692. The zero-order valence-electron chi connectivity index (χ0n) is 11.4. The summed E-state index contributed by atoms with van der Waals surface area (Å²) in [4.78, 5) is 37.1. The number of hydrogen-bond donors (Lipinski definition) is 1. The number of Topliss-reactive ketones (excluding diaryl/α,β-unsaturated/α-hetero) is 1. The molecule has 0 aliphatic carbocycles. The van der Waals surface area contributed by atoms with Gasteiger partial charge in [-0.25, -0.2) is 0 Å². The van der Waals surface area contributed by atoms with Gasteiger partial charge in [-0.3, -0.25) is 19.3 Å². The Balaban J connectivity index is 1.77.